The van der Waals surface area contributed by atoms with Crippen LogP contribution >= 0.6 is 27.5 Å². The minimum atomic E-state index is -0.543. The van der Waals surface area contributed by atoms with Crippen molar-refractivity contribution in [1.29, 1.82) is 0 Å². The van der Waals surface area contributed by atoms with E-state index in [2.05, 4.69) is 42.9 Å². The van der Waals surface area contributed by atoms with E-state index in [1.807, 2.05) is 57.2 Å². The Balaban J connectivity index is 1.75. The lowest BCUT2D eigenvalue weighted by atomic mass is 10.0. The highest BCUT2D eigenvalue weighted by atomic mass is 79.9. The van der Waals surface area contributed by atoms with Gasteiger partial charge in [0.25, 0.3) is 0 Å². The lowest BCUT2D eigenvalue weighted by Crippen LogP contribution is -2.52. The molecule has 1 saturated heterocycles. The van der Waals surface area contributed by atoms with Gasteiger partial charge in [0.05, 0.1) is 11.6 Å². The first kappa shape index (κ1) is 21.8. The number of anilines is 1. The first-order valence-electron chi connectivity index (χ1n) is 10.1. The Bertz CT molecular complexity index is 1100. The van der Waals surface area contributed by atoms with E-state index in [0.717, 1.165) is 26.8 Å². The van der Waals surface area contributed by atoms with Gasteiger partial charge in [0.2, 0.25) is 5.28 Å². The highest BCUT2D eigenvalue weighted by Gasteiger charge is 2.34. The fourth-order valence-electron chi connectivity index (χ4n) is 3.77. The molecule has 3 aromatic rings. The van der Waals surface area contributed by atoms with Gasteiger partial charge in [-0.15, -0.1) is 0 Å². The summed E-state index contributed by atoms with van der Waals surface area (Å²) in [5.74, 6) is 0.758. The molecule has 0 bridgehead atoms. The number of amides is 1. The molecule has 0 radical (unpaired) electrons. The SMILES string of the molecule is CC(C)(C)OC(=O)N1CCN(c2nc(Cl)nc3ccc(Br)cc23)C(c2ccccc2)C1. The number of carbonyl (C=O) groups excluding carboxylic acids is 1. The number of hydrogen-bond donors (Lipinski definition) is 0. The van der Waals surface area contributed by atoms with Gasteiger partial charge in [0.15, 0.2) is 0 Å². The van der Waals surface area contributed by atoms with Gasteiger partial charge in [-0.3, -0.25) is 0 Å². The second kappa shape index (κ2) is 8.63. The third-order valence-electron chi connectivity index (χ3n) is 5.10. The van der Waals surface area contributed by atoms with E-state index in [4.69, 9.17) is 16.3 Å². The Morgan fingerprint density at radius 3 is 2.58 bits per heavy atom. The fraction of sp³-hybridized carbons (Fsp3) is 0.348. The van der Waals surface area contributed by atoms with Crippen LogP contribution in [-0.2, 0) is 4.74 Å². The van der Waals surface area contributed by atoms with Crippen molar-refractivity contribution in [3.63, 3.8) is 0 Å². The molecule has 1 aromatic heterocycles. The van der Waals surface area contributed by atoms with E-state index in [0.29, 0.717) is 19.6 Å². The van der Waals surface area contributed by atoms with Crippen LogP contribution in [0.15, 0.2) is 53.0 Å². The molecule has 2 heterocycles. The number of hydrogen-bond acceptors (Lipinski definition) is 5. The van der Waals surface area contributed by atoms with E-state index in [9.17, 15) is 4.79 Å². The second-order valence-electron chi connectivity index (χ2n) is 8.52. The number of piperazine rings is 1. The zero-order valence-electron chi connectivity index (χ0n) is 17.7. The molecule has 4 rings (SSSR count). The summed E-state index contributed by atoms with van der Waals surface area (Å²) >= 11 is 9.83. The van der Waals surface area contributed by atoms with Crippen LogP contribution in [-0.4, -0.2) is 46.2 Å². The van der Waals surface area contributed by atoms with Gasteiger partial charge in [-0.1, -0.05) is 46.3 Å². The average molecular weight is 504 g/mol. The smallest absolute Gasteiger partial charge is 0.410 e. The van der Waals surface area contributed by atoms with E-state index in [1.54, 1.807) is 4.90 Å². The van der Waals surface area contributed by atoms with Crippen LogP contribution in [0.25, 0.3) is 10.9 Å². The summed E-state index contributed by atoms with van der Waals surface area (Å²) in [5.41, 5.74) is 1.33. The monoisotopic (exact) mass is 502 g/mol. The van der Waals surface area contributed by atoms with Crippen LogP contribution in [0.3, 0.4) is 0 Å². The van der Waals surface area contributed by atoms with E-state index >= 15 is 0 Å². The van der Waals surface area contributed by atoms with Crippen LogP contribution in [0.5, 0.6) is 0 Å². The first-order valence-corrected chi connectivity index (χ1v) is 11.3. The maximum absolute atomic E-state index is 12.8. The van der Waals surface area contributed by atoms with Gasteiger partial charge >= 0.3 is 6.09 Å². The van der Waals surface area contributed by atoms with Gasteiger partial charge in [0.1, 0.15) is 11.4 Å². The molecule has 8 heteroatoms. The molecule has 1 atom stereocenters. The zero-order valence-corrected chi connectivity index (χ0v) is 20.0. The van der Waals surface area contributed by atoms with Crippen LogP contribution in [0, 0.1) is 0 Å². The zero-order chi connectivity index (χ0) is 22.2. The van der Waals surface area contributed by atoms with Crippen molar-refractivity contribution >= 4 is 50.3 Å². The highest BCUT2D eigenvalue weighted by Crippen LogP contribution is 2.35. The van der Waals surface area contributed by atoms with Crippen molar-refractivity contribution in [3.05, 3.63) is 63.9 Å². The first-order chi connectivity index (χ1) is 14.7. The summed E-state index contributed by atoms with van der Waals surface area (Å²) in [4.78, 5) is 25.7. The Hall–Kier alpha value is -2.38. The molecule has 2 aromatic carbocycles. The number of benzene rings is 2. The molecule has 0 aliphatic carbocycles. The van der Waals surface area contributed by atoms with Crippen molar-refractivity contribution < 1.29 is 9.53 Å². The Morgan fingerprint density at radius 2 is 1.87 bits per heavy atom. The number of nitrogens with zero attached hydrogens (tertiary/aromatic N) is 4. The molecule has 1 aliphatic heterocycles. The minimum absolute atomic E-state index is 0.101. The van der Waals surface area contributed by atoms with Crippen molar-refractivity contribution in [1.82, 2.24) is 14.9 Å². The maximum atomic E-state index is 12.8. The van der Waals surface area contributed by atoms with Crippen molar-refractivity contribution in [3.8, 4) is 0 Å². The summed E-state index contributed by atoms with van der Waals surface area (Å²) in [7, 11) is 0. The number of carbonyl (C=O) groups is 1. The molecule has 0 saturated carbocycles. The van der Waals surface area contributed by atoms with Crippen LogP contribution in [0.1, 0.15) is 32.4 Å². The van der Waals surface area contributed by atoms with Gasteiger partial charge < -0.3 is 14.5 Å². The number of aromatic nitrogens is 2. The van der Waals surface area contributed by atoms with Gasteiger partial charge in [-0.05, 0) is 56.1 Å². The molecule has 162 valence electrons. The third kappa shape index (κ3) is 4.93. The molecular weight excluding hydrogens is 480 g/mol. The number of halogens is 2. The van der Waals surface area contributed by atoms with Gasteiger partial charge in [0, 0.05) is 29.5 Å². The Morgan fingerprint density at radius 1 is 1.13 bits per heavy atom. The van der Waals surface area contributed by atoms with Crippen LogP contribution < -0.4 is 4.90 Å². The molecular formula is C23H24BrClN4O2. The van der Waals surface area contributed by atoms with Gasteiger partial charge in [-0.2, -0.15) is 4.98 Å². The lowest BCUT2D eigenvalue weighted by molar-refractivity contribution is 0.0213. The topological polar surface area (TPSA) is 58.6 Å². The van der Waals surface area contributed by atoms with Crippen molar-refractivity contribution in [2.45, 2.75) is 32.4 Å². The molecule has 31 heavy (non-hydrogen) atoms. The minimum Gasteiger partial charge on any atom is -0.444 e. The quantitative estimate of drug-likeness (QED) is 0.411. The predicted octanol–water partition coefficient (Wildman–Crippen LogP) is 5.84. The average Bonchev–Trinajstić information content (AvgIpc) is 2.72. The van der Waals surface area contributed by atoms with Gasteiger partial charge in [-0.25, -0.2) is 9.78 Å². The summed E-state index contributed by atoms with van der Waals surface area (Å²) in [6, 6.07) is 15.9. The molecule has 1 fully saturated rings. The lowest BCUT2D eigenvalue weighted by Gasteiger charge is -2.42. The number of fused-ring (bicyclic) bond motifs is 1. The Labute approximate surface area is 195 Å². The third-order valence-corrected chi connectivity index (χ3v) is 5.76. The van der Waals surface area contributed by atoms with Crippen LogP contribution in [0.2, 0.25) is 5.28 Å². The summed E-state index contributed by atoms with van der Waals surface area (Å²) in [6.07, 6.45) is -0.304. The standard InChI is InChI=1S/C23H24BrClN4O2/c1-23(2,3)31-22(30)28-11-12-29(19(14-28)15-7-5-4-6-8-15)20-17-13-16(24)9-10-18(17)26-21(25)27-20/h4-10,13,19H,11-12,14H2,1-3H3. The molecule has 1 aliphatic rings. The predicted molar refractivity (Wildman–Crippen MR) is 127 cm³/mol. The summed E-state index contributed by atoms with van der Waals surface area (Å²) in [6.45, 7) is 7.23. The van der Waals surface area contributed by atoms with E-state index in [-0.39, 0.29) is 17.4 Å². The fourth-order valence-corrected chi connectivity index (χ4v) is 4.30. The molecule has 1 amide bonds. The van der Waals surface area contributed by atoms with Crippen molar-refractivity contribution in [2.75, 3.05) is 24.5 Å². The normalized spacial score (nSPS) is 17.1. The molecule has 6 nitrogen and oxygen atoms in total. The Kier molecular flexibility index (Phi) is 6.08. The van der Waals surface area contributed by atoms with E-state index < -0.39 is 5.60 Å². The highest BCUT2D eigenvalue weighted by molar-refractivity contribution is 9.10. The number of ether oxygens (including phenoxy) is 1. The van der Waals surface area contributed by atoms with Crippen LogP contribution in [0.4, 0.5) is 10.6 Å². The maximum Gasteiger partial charge on any atom is 0.410 e. The van der Waals surface area contributed by atoms with Crippen molar-refractivity contribution in [2.24, 2.45) is 0 Å². The summed E-state index contributed by atoms with van der Waals surface area (Å²) in [5, 5.41) is 1.11. The largest absolute Gasteiger partial charge is 0.444 e. The molecule has 1 unspecified atom stereocenters. The number of rotatable bonds is 2. The second-order valence-corrected chi connectivity index (χ2v) is 9.78. The summed E-state index contributed by atoms with van der Waals surface area (Å²) < 4.78 is 6.56. The molecule has 0 N–H and O–H groups in total. The van der Waals surface area contributed by atoms with E-state index in [1.165, 1.54) is 0 Å². The molecule has 0 spiro atoms.